The first kappa shape index (κ1) is 26.8. The molecule has 2 unspecified atom stereocenters. The quantitative estimate of drug-likeness (QED) is 0.321. The average molecular weight is 537 g/mol. The van der Waals surface area contributed by atoms with Crippen molar-refractivity contribution in [1.29, 1.82) is 5.26 Å². The molecule has 0 fully saturated rings. The minimum absolute atomic E-state index is 0.0389. The first-order valence-corrected chi connectivity index (χ1v) is 11.9. The lowest BCUT2D eigenvalue weighted by Crippen LogP contribution is -2.47. The van der Waals surface area contributed by atoms with Crippen LogP contribution in [-0.4, -0.2) is 65.1 Å². The summed E-state index contributed by atoms with van der Waals surface area (Å²) >= 11 is 6.16. The molecule has 0 radical (unpaired) electrons. The molecule has 0 bridgehead atoms. The number of nitrogens with one attached hydrogen (secondary N) is 2. The van der Waals surface area contributed by atoms with Crippen molar-refractivity contribution >= 4 is 45.6 Å². The van der Waals surface area contributed by atoms with E-state index in [-0.39, 0.29) is 18.7 Å². The van der Waals surface area contributed by atoms with Crippen LogP contribution in [-0.2, 0) is 14.3 Å². The maximum absolute atomic E-state index is 13.4. The number of H-pyrrole nitrogens is 1. The van der Waals surface area contributed by atoms with Crippen molar-refractivity contribution in [2.45, 2.75) is 18.7 Å². The van der Waals surface area contributed by atoms with E-state index in [9.17, 15) is 25.1 Å². The molecule has 196 valence electrons. The maximum atomic E-state index is 13.4. The number of nitrogens with zero attached hydrogens (tertiary/aromatic N) is 2. The second kappa shape index (κ2) is 11.4. The molecule has 4 rings (SSSR count). The molecular weight excluding hydrogens is 512 g/mol. The molecule has 4 N–H and O–H groups in total. The van der Waals surface area contributed by atoms with Crippen LogP contribution in [0, 0.1) is 11.3 Å². The lowest BCUT2D eigenvalue weighted by atomic mass is 9.96. The molecule has 0 aliphatic carbocycles. The number of allylic oxidation sites excluding steroid dienone is 1. The number of ether oxygens (including phenoxy) is 2. The number of anilines is 1. The number of carbonyl (C=O) groups excluding carboxylic acids is 1. The van der Waals surface area contributed by atoms with Gasteiger partial charge in [-0.2, -0.15) is 5.26 Å². The van der Waals surface area contributed by atoms with Crippen molar-refractivity contribution < 1.29 is 29.3 Å². The zero-order chi connectivity index (χ0) is 27.4. The molecule has 2 aromatic carbocycles. The lowest BCUT2D eigenvalue weighted by Gasteiger charge is -2.36. The van der Waals surface area contributed by atoms with Crippen molar-refractivity contribution in [1.82, 2.24) is 9.88 Å². The highest BCUT2D eigenvalue weighted by Crippen LogP contribution is 2.34. The van der Waals surface area contributed by atoms with Gasteiger partial charge in [-0.1, -0.05) is 17.7 Å². The second-order valence-electron chi connectivity index (χ2n) is 8.52. The van der Waals surface area contributed by atoms with Gasteiger partial charge in [0, 0.05) is 59.1 Å². The van der Waals surface area contributed by atoms with E-state index in [1.807, 2.05) is 0 Å². The molecule has 1 amide bonds. The van der Waals surface area contributed by atoms with Crippen molar-refractivity contribution in [3.63, 3.8) is 0 Å². The highest BCUT2D eigenvalue weighted by atomic mass is 35.5. The number of methoxy groups -OCH3 is 2. The largest absolute Gasteiger partial charge is 0.495 e. The number of halogens is 1. The average Bonchev–Trinajstić information content (AvgIpc) is 3.33. The number of amides is 1. The van der Waals surface area contributed by atoms with Crippen molar-refractivity contribution in [2.75, 3.05) is 26.1 Å². The number of benzene rings is 2. The fraction of sp³-hybridized carbons (Fsp3) is 0.222. The number of hydrogen-bond acceptors (Lipinski definition) is 7. The van der Waals surface area contributed by atoms with Gasteiger partial charge < -0.3 is 34.9 Å². The van der Waals surface area contributed by atoms with Crippen LogP contribution in [0.3, 0.4) is 0 Å². The summed E-state index contributed by atoms with van der Waals surface area (Å²) in [7, 11) is 2.96. The Morgan fingerprint density at radius 2 is 2.03 bits per heavy atom. The SMILES string of the molecule is COCCC(C(=O)Nc1ccc2cc(C(=O)O)[nH]c2c1)N1C=C(OC)C(c2cc(Cl)ccc2C#N)=CC1O. The third kappa shape index (κ3) is 5.50. The van der Waals surface area contributed by atoms with E-state index in [2.05, 4.69) is 16.4 Å². The minimum Gasteiger partial charge on any atom is -0.495 e. The van der Waals surface area contributed by atoms with Crippen LogP contribution >= 0.6 is 11.6 Å². The molecule has 0 spiro atoms. The number of carbonyl (C=O) groups is 2. The Kier molecular flexibility index (Phi) is 8.02. The monoisotopic (exact) mass is 536 g/mol. The molecule has 1 aliphatic rings. The zero-order valence-electron chi connectivity index (χ0n) is 20.6. The molecule has 1 aromatic heterocycles. The van der Waals surface area contributed by atoms with Crippen LogP contribution in [0.25, 0.3) is 16.5 Å². The Morgan fingerprint density at radius 3 is 2.71 bits per heavy atom. The molecule has 0 saturated carbocycles. The van der Waals surface area contributed by atoms with Crippen molar-refractivity contribution in [2.24, 2.45) is 0 Å². The van der Waals surface area contributed by atoms with E-state index in [4.69, 9.17) is 21.1 Å². The summed E-state index contributed by atoms with van der Waals surface area (Å²) in [5, 5.41) is 33.8. The van der Waals surface area contributed by atoms with E-state index in [1.165, 1.54) is 37.5 Å². The zero-order valence-corrected chi connectivity index (χ0v) is 21.3. The van der Waals surface area contributed by atoms with Gasteiger partial charge in [-0.3, -0.25) is 4.79 Å². The number of aliphatic hydroxyl groups excluding tert-OH is 1. The summed E-state index contributed by atoms with van der Waals surface area (Å²) in [4.78, 5) is 28.9. The van der Waals surface area contributed by atoms with Gasteiger partial charge in [-0.05, 0) is 42.5 Å². The predicted octanol–water partition coefficient (Wildman–Crippen LogP) is 3.94. The number of fused-ring (bicyclic) bond motifs is 1. The van der Waals surface area contributed by atoms with Gasteiger partial charge in [0.15, 0.2) is 0 Å². The number of aromatic amines is 1. The lowest BCUT2D eigenvalue weighted by molar-refractivity contribution is -0.123. The Hall–Kier alpha value is -4.30. The molecule has 0 saturated heterocycles. The Balaban J connectivity index is 1.63. The molecule has 1 aliphatic heterocycles. The molecule has 2 heterocycles. The first-order chi connectivity index (χ1) is 18.2. The summed E-state index contributed by atoms with van der Waals surface area (Å²) in [5.74, 6) is -1.17. The number of hydrogen-bond donors (Lipinski definition) is 4. The number of carboxylic acid groups (broad SMARTS) is 1. The summed E-state index contributed by atoms with van der Waals surface area (Å²) in [6.07, 6.45) is 2.03. The number of aromatic nitrogens is 1. The van der Waals surface area contributed by atoms with E-state index in [0.717, 1.165) is 0 Å². The third-order valence-electron chi connectivity index (χ3n) is 6.14. The topological polar surface area (TPSA) is 148 Å². The fourth-order valence-corrected chi connectivity index (χ4v) is 4.46. The van der Waals surface area contributed by atoms with Gasteiger partial charge in [0.05, 0.1) is 18.7 Å². The summed E-state index contributed by atoms with van der Waals surface area (Å²) < 4.78 is 10.8. The van der Waals surface area contributed by atoms with E-state index < -0.39 is 24.1 Å². The predicted molar refractivity (Wildman–Crippen MR) is 141 cm³/mol. The molecule has 10 nitrogen and oxygen atoms in total. The summed E-state index contributed by atoms with van der Waals surface area (Å²) in [5.41, 5.74) is 2.34. The normalized spacial score (nSPS) is 15.9. The fourth-order valence-electron chi connectivity index (χ4n) is 4.29. The van der Waals surface area contributed by atoms with E-state index >= 15 is 0 Å². The number of nitriles is 1. The Bertz CT molecular complexity index is 1490. The van der Waals surface area contributed by atoms with Gasteiger partial charge >= 0.3 is 5.97 Å². The van der Waals surface area contributed by atoms with Crippen LogP contribution in [0.2, 0.25) is 5.02 Å². The molecular formula is C27H25ClN4O6. The number of rotatable bonds is 9. The van der Waals surface area contributed by atoms with Crippen LogP contribution in [0.1, 0.15) is 28.0 Å². The van der Waals surface area contributed by atoms with Gasteiger partial charge in [0.2, 0.25) is 5.91 Å². The highest BCUT2D eigenvalue weighted by Gasteiger charge is 2.32. The standard InChI is InChI=1S/C27H25ClN4O6/c1-37-8-7-23(26(34)30-18-6-4-15-9-22(27(35)36)31-21(15)11-18)32-14-24(38-2)20(12-25(32)33)19-10-17(28)5-3-16(19)13-29/h3-6,9-12,14,23,25,31,33H,7-8H2,1-2H3,(H,30,34)(H,35,36). The molecule has 2 atom stereocenters. The van der Waals surface area contributed by atoms with Gasteiger partial charge in [0.25, 0.3) is 0 Å². The highest BCUT2D eigenvalue weighted by molar-refractivity contribution is 6.30. The smallest absolute Gasteiger partial charge is 0.352 e. The number of aromatic carboxylic acids is 1. The minimum atomic E-state index is -1.23. The first-order valence-electron chi connectivity index (χ1n) is 11.5. The van der Waals surface area contributed by atoms with E-state index in [1.54, 1.807) is 36.4 Å². The van der Waals surface area contributed by atoms with Crippen LogP contribution in [0.15, 0.2) is 60.5 Å². The summed E-state index contributed by atoms with van der Waals surface area (Å²) in [6.45, 7) is 0.235. The van der Waals surface area contributed by atoms with Gasteiger partial charge in [-0.15, -0.1) is 0 Å². The van der Waals surface area contributed by atoms with Crippen molar-refractivity contribution in [3.8, 4) is 6.07 Å². The Morgan fingerprint density at radius 1 is 1.24 bits per heavy atom. The van der Waals surface area contributed by atoms with Crippen LogP contribution in [0.4, 0.5) is 5.69 Å². The molecule has 3 aromatic rings. The van der Waals surface area contributed by atoms with E-state index in [0.29, 0.717) is 44.1 Å². The maximum Gasteiger partial charge on any atom is 0.352 e. The number of aliphatic hydroxyl groups is 1. The second-order valence-corrected chi connectivity index (χ2v) is 8.95. The van der Waals surface area contributed by atoms with Crippen molar-refractivity contribution in [3.05, 3.63) is 82.3 Å². The van der Waals surface area contributed by atoms with Crippen LogP contribution in [0.5, 0.6) is 0 Å². The summed E-state index contributed by atoms with van der Waals surface area (Å²) in [6, 6.07) is 12.6. The molecule has 11 heteroatoms. The number of carboxylic acids is 1. The molecule has 38 heavy (non-hydrogen) atoms. The van der Waals surface area contributed by atoms with Gasteiger partial charge in [0.1, 0.15) is 23.7 Å². The third-order valence-corrected chi connectivity index (χ3v) is 6.38. The van der Waals surface area contributed by atoms with Crippen LogP contribution < -0.4 is 5.32 Å². The van der Waals surface area contributed by atoms with Gasteiger partial charge in [-0.25, -0.2) is 4.79 Å². The Labute approximate surface area is 223 Å².